The first-order valence-corrected chi connectivity index (χ1v) is 8.00. The maximum Gasteiger partial charge on any atom is 0.310 e. The largest absolute Gasteiger partial charge is 0.465 e. The van der Waals surface area contributed by atoms with Gasteiger partial charge in [0.15, 0.2) is 0 Å². The third-order valence-electron chi connectivity index (χ3n) is 4.88. The number of esters is 1. The van der Waals surface area contributed by atoms with E-state index in [1.165, 1.54) is 0 Å². The summed E-state index contributed by atoms with van der Waals surface area (Å²) in [4.78, 5) is 12.1. The van der Waals surface area contributed by atoms with Crippen molar-refractivity contribution in [2.75, 3.05) is 13.2 Å². The molecule has 0 saturated carbocycles. The number of carbonyl (C=O) groups excluding carboxylic acids is 1. The first kappa shape index (κ1) is 12.2. The zero-order valence-electron chi connectivity index (χ0n) is 10.6. The van der Waals surface area contributed by atoms with E-state index in [0.29, 0.717) is 41.5 Å². The molecular formula is C14H18O4S. The minimum Gasteiger partial charge on any atom is -0.465 e. The Labute approximate surface area is 116 Å². The molecule has 0 spiro atoms. The minimum absolute atomic E-state index is 0.0336. The minimum atomic E-state index is -0.0707. The molecule has 4 aliphatic heterocycles. The van der Waals surface area contributed by atoms with Gasteiger partial charge in [-0.15, -0.1) is 0 Å². The monoisotopic (exact) mass is 282 g/mol. The molecule has 104 valence electrons. The lowest BCUT2D eigenvalue weighted by Crippen LogP contribution is -2.41. The van der Waals surface area contributed by atoms with Crippen molar-refractivity contribution in [2.45, 2.75) is 35.5 Å². The van der Waals surface area contributed by atoms with Crippen LogP contribution in [0.25, 0.3) is 0 Å². The summed E-state index contributed by atoms with van der Waals surface area (Å²) in [6, 6.07) is 0. The van der Waals surface area contributed by atoms with Gasteiger partial charge < -0.3 is 14.6 Å². The second-order valence-corrected chi connectivity index (χ2v) is 7.25. The predicted octanol–water partition coefficient (Wildman–Crippen LogP) is 0.986. The molecule has 3 fully saturated rings. The van der Waals surface area contributed by atoms with Crippen LogP contribution in [0.4, 0.5) is 0 Å². The number of ether oxygens (including phenoxy) is 2. The van der Waals surface area contributed by atoms with Crippen molar-refractivity contribution in [1.29, 1.82) is 0 Å². The number of hydrogen-bond donors (Lipinski definition) is 1. The molecule has 4 rings (SSSR count). The standard InChI is InChI=1S/C14H18O4S/c15-4-1-5-17-14(16)7-6-10-11-8-2-3-9(18-8)12(11)13(7)19-10/h2-3,7-13,15H,1,4-6H2. The number of thioether (sulfide) groups is 1. The normalized spacial score (nSPS) is 48.8. The molecule has 4 bridgehead atoms. The Morgan fingerprint density at radius 3 is 2.95 bits per heavy atom. The Kier molecular flexibility index (Phi) is 2.90. The van der Waals surface area contributed by atoms with Gasteiger partial charge in [0.25, 0.3) is 0 Å². The highest BCUT2D eigenvalue weighted by Gasteiger charge is 2.64. The van der Waals surface area contributed by atoms with Crippen LogP contribution in [-0.2, 0) is 14.3 Å². The van der Waals surface area contributed by atoms with Gasteiger partial charge >= 0.3 is 5.97 Å². The fourth-order valence-electron chi connectivity index (χ4n) is 4.15. The Morgan fingerprint density at radius 1 is 1.37 bits per heavy atom. The van der Waals surface area contributed by atoms with E-state index in [9.17, 15) is 4.79 Å². The number of rotatable bonds is 4. The number of carbonyl (C=O) groups is 1. The molecule has 0 aliphatic carbocycles. The molecule has 0 aromatic carbocycles. The fraction of sp³-hybridized carbons (Fsp3) is 0.786. The van der Waals surface area contributed by atoms with Crippen molar-refractivity contribution in [2.24, 2.45) is 17.8 Å². The van der Waals surface area contributed by atoms with E-state index >= 15 is 0 Å². The Morgan fingerprint density at radius 2 is 2.16 bits per heavy atom. The number of hydrogen-bond acceptors (Lipinski definition) is 5. The van der Waals surface area contributed by atoms with E-state index in [2.05, 4.69) is 12.2 Å². The zero-order chi connectivity index (χ0) is 13.0. The molecule has 7 unspecified atom stereocenters. The average molecular weight is 282 g/mol. The highest BCUT2D eigenvalue weighted by molar-refractivity contribution is 8.01. The molecule has 5 heteroatoms. The lowest BCUT2D eigenvalue weighted by Gasteiger charge is -2.31. The first-order valence-electron chi connectivity index (χ1n) is 7.06. The summed E-state index contributed by atoms with van der Waals surface area (Å²) in [7, 11) is 0. The Bertz CT molecular complexity index is 424. The lowest BCUT2D eigenvalue weighted by atomic mass is 9.69. The van der Waals surface area contributed by atoms with Crippen LogP contribution in [0.1, 0.15) is 12.8 Å². The molecule has 4 heterocycles. The molecular weight excluding hydrogens is 264 g/mol. The van der Waals surface area contributed by atoms with Gasteiger partial charge in [-0.3, -0.25) is 4.79 Å². The summed E-state index contributed by atoms with van der Waals surface area (Å²) in [6.45, 7) is 0.413. The molecule has 4 nitrogen and oxygen atoms in total. The Balaban J connectivity index is 1.45. The van der Waals surface area contributed by atoms with Crippen LogP contribution in [-0.4, -0.2) is 47.0 Å². The molecule has 0 aromatic rings. The van der Waals surface area contributed by atoms with Crippen molar-refractivity contribution in [1.82, 2.24) is 0 Å². The Hall–Kier alpha value is -0.520. The van der Waals surface area contributed by atoms with Gasteiger partial charge in [0.05, 0.1) is 24.7 Å². The van der Waals surface area contributed by atoms with Gasteiger partial charge in [0.1, 0.15) is 0 Å². The van der Waals surface area contributed by atoms with Crippen molar-refractivity contribution in [3.8, 4) is 0 Å². The van der Waals surface area contributed by atoms with Gasteiger partial charge in [-0.1, -0.05) is 12.2 Å². The van der Waals surface area contributed by atoms with Gasteiger partial charge in [0.2, 0.25) is 0 Å². The number of fused-ring (bicyclic) bond motifs is 9. The summed E-state index contributed by atoms with van der Waals surface area (Å²) in [5.41, 5.74) is 0. The van der Waals surface area contributed by atoms with E-state index in [0.717, 1.165) is 6.42 Å². The molecule has 0 radical (unpaired) electrons. The van der Waals surface area contributed by atoms with Crippen LogP contribution in [0.15, 0.2) is 12.2 Å². The maximum absolute atomic E-state index is 12.1. The second-order valence-electron chi connectivity index (χ2n) is 5.83. The van der Waals surface area contributed by atoms with E-state index in [4.69, 9.17) is 14.6 Å². The van der Waals surface area contributed by atoms with E-state index in [1.807, 2.05) is 11.8 Å². The van der Waals surface area contributed by atoms with Gasteiger partial charge in [-0.2, -0.15) is 11.8 Å². The molecule has 1 N–H and O–H groups in total. The highest BCUT2D eigenvalue weighted by Crippen LogP contribution is 2.63. The van der Waals surface area contributed by atoms with Gasteiger partial charge in [0, 0.05) is 35.4 Å². The van der Waals surface area contributed by atoms with Crippen LogP contribution in [0.2, 0.25) is 0 Å². The second kappa shape index (κ2) is 4.50. The average Bonchev–Trinajstić information content (AvgIpc) is 3.16. The lowest BCUT2D eigenvalue weighted by molar-refractivity contribution is -0.150. The summed E-state index contributed by atoms with van der Waals surface area (Å²) in [5, 5.41) is 9.66. The van der Waals surface area contributed by atoms with Crippen molar-refractivity contribution in [3.63, 3.8) is 0 Å². The van der Waals surface area contributed by atoms with E-state index < -0.39 is 0 Å². The van der Waals surface area contributed by atoms with Crippen LogP contribution in [0, 0.1) is 17.8 Å². The maximum atomic E-state index is 12.1. The molecule has 7 atom stereocenters. The summed E-state index contributed by atoms with van der Waals surface area (Å²) in [6.07, 6.45) is 6.36. The third kappa shape index (κ3) is 1.71. The van der Waals surface area contributed by atoms with Crippen molar-refractivity contribution in [3.05, 3.63) is 12.2 Å². The van der Waals surface area contributed by atoms with Crippen molar-refractivity contribution >= 4 is 17.7 Å². The van der Waals surface area contributed by atoms with E-state index in [1.54, 1.807) is 0 Å². The molecule has 19 heavy (non-hydrogen) atoms. The molecule has 4 aliphatic rings. The molecule has 3 saturated heterocycles. The predicted molar refractivity (Wildman–Crippen MR) is 70.7 cm³/mol. The fourth-order valence-corrected chi connectivity index (χ4v) is 6.32. The first-order chi connectivity index (χ1) is 9.29. The van der Waals surface area contributed by atoms with Crippen LogP contribution in [0.5, 0.6) is 0 Å². The van der Waals surface area contributed by atoms with Crippen molar-refractivity contribution < 1.29 is 19.4 Å². The third-order valence-corrected chi connectivity index (χ3v) is 6.69. The molecule has 0 amide bonds. The SMILES string of the molecule is O=C(OCCCO)C1CC2SC1C1C3C=CC(O3)C21. The smallest absolute Gasteiger partial charge is 0.310 e. The highest BCUT2D eigenvalue weighted by atomic mass is 32.2. The summed E-state index contributed by atoms with van der Waals surface area (Å²) < 4.78 is 11.2. The van der Waals surface area contributed by atoms with Crippen LogP contribution >= 0.6 is 11.8 Å². The summed E-state index contributed by atoms with van der Waals surface area (Å²) >= 11 is 1.98. The van der Waals surface area contributed by atoms with E-state index in [-0.39, 0.29) is 24.6 Å². The topological polar surface area (TPSA) is 55.8 Å². The van der Waals surface area contributed by atoms with Crippen LogP contribution < -0.4 is 0 Å². The number of aliphatic hydroxyl groups is 1. The van der Waals surface area contributed by atoms with Gasteiger partial charge in [-0.25, -0.2) is 0 Å². The molecule has 0 aromatic heterocycles. The van der Waals surface area contributed by atoms with Crippen LogP contribution in [0.3, 0.4) is 0 Å². The number of aliphatic hydroxyl groups excluding tert-OH is 1. The summed E-state index contributed by atoms with van der Waals surface area (Å²) in [5.74, 6) is 1.09. The zero-order valence-corrected chi connectivity index (χ0v) is 11.4. The quantitative estimate of drug-likeness (QED) is 0.473. The van der Waals surface area contributed by atoms with Gasteiger partial charge in [-0.05, 0) is 6.42 Å².